The number of carbonyl (C=O) groups excluding carboxylic acids is 3. The molecule has 4 heterocycles. The van der Waals surface area contributed by atoms with Crippen LogP contribution in [0, 0.1) is 11.8 Å². The minimum Gasteiger partial charge on any atom is -0.396 e. The number of fused-ring (bicyclic) bond motifs is 2. The van der Waals surface area contributed by atoms with E-state index in [-0.39, 0.29) is 37.4 Å². The molecule has 0 saturated carbocycles. The fourth-order valence-electron chi connectivity index (χ4n) is 6.85. The van der Waals surface area contributed by atoms with E-state index in [4.69, 9.17) is 16.3 Å². The van der Waals surface area contributed by atoms with Crippen LogP contribution in [0.5, 0.6) is 0 Å². The van der Waals surface area contributed by atoms with Gasteiger partial charge in [0, 0.05) is 43.5 Å². The summed E-state index contributed by atoms with van der Waals surface area (Å²) in [4.78, 5) is 47.8. The Morgan fingerprint density at radius 2 is 1.65 bits per heavy atom. The van der Waals surface area contributed by atoms with E-state index in [1.807, 2.05) is 61.6 Å². The molecule has 8 nitrogen and oxygen atoms in total. The zero-order chi connectivity index (χ0) is 28.1. The molecular formula is C31H32ClN3O5. The summed E-state index contributed by atoms with van der Waals surface area (Å²) in [5.41, 5.74) is -0.771. The molecule has 3 amide bonds. The number of benzene rings is 2. The number of halogens is 1. The van der Waals surface area contributed by atoms with Crippen molar-refractivity contribution in [2.75, 3.05) is 31.1 Å². The predicted molar refractivity (Wildman–Crippen MR) is 150 cm³/mol. The average molecular weight is 562 g/mol. The van der Waals surface area contributed by atoms with Crippen molar-refractivity contribution in [1.82, 2.24) is 9.80 Å². The first-order valence-electron chi connectivity index (χ1n) is 13.7. The molecule has 1 unspecified atom stereocenters. The highest BCUT2D eigenvalue weighted by Gasteiger charge is 2.74. The number of nitrogens with zero attached hydrogens (tertiary/aromatic N) is 3. The lowest BCUT2D eigenvalue weighted by Gasteiger charge is -2.37. The molecule has 2 saturated heterocycles. The monoisotopic (exact) mass is 561 g/mol. The molecule has 6 rings (SSSR count). The van der Waals surface area contributed by atoms with Gasteiger partial charge in [-0.2, -0.15) is 0 Å². The summed E-state index contributed by atoms with van der Waals surface area (Å²) >= 11 is 6.10. The number of ether oxygens (including phenoxy) is 1. The fourth-order valence-corrected chi connectivity index (χ4v) is 6.98. The molecule has 0 aromatic heterocycles. The van der Waals surface area contributed by atoms with Gasteiger partial charge >= 0.3 is 0 Å². The molecule has 5 atom stereocenters. The van der Waals surface area contributed by atoms with Crippen molar-refractivity contribution in [3.8, 4) is 0 Å². The SMILES string of the molecule is C[C@]12C=CCN(Cc3ccccc3)C(=O)[C@H]1[C@H]1C(=O)N(CCCO)C3C(=O)N(c4ccc(Cl)cc4)CC=C[C@@]31O2. The van der Waals surface area contributed by atoms with Crippen LogP contribution in [-0.4, -0.2) is 76.1 Å². The minimum atomic E-state index is -1.33. The van der Waals surface area contributed by atoms with Gasteiger partial charge in [0.05, 0.1) is 17.4 Å². The minimum absolute atomic E-state index is 0.131. The summed E-state index contributed by atoms with van der Waals surface area (Å²) < 4.78 is 6.84. The van der Waals surface area contributed by atoms with E-state index in [0.717, 1.165) is 5.56 Å². The molecular weight excluding hydrogens is 530 g/mol. The molecule has 208 valence electrons. The van der Waals surface area contributed by atoms with Crippen LogP contribution in [-0.2, 0) is 25.7 Å². The maximum absolute atomic E-state index is 14.3. The topological polar surface area (TPSA) is 90.4 Å². The molecule has 4 aliphatic rings. The smallest absolute Gasteiger partial charge is 0.253 e. The zero-order valence-electron chi connectivity index (χ0n) is 22.3. The molecule has 1 spiro atoms. The van der Waals surface area contributed by atoms with Crippen LogP contribution < -0.4 is 4.90 Å². The number of hydrogen-bond acceptors (Lipinski definition) is 5. The van der Waals surface area contributed by atoms with E-state index in [9.17, 15) is 19.5 Å². The van der Waals surface area contributed by atoms with Gasteiger partial charge in [-0.25, -0.2) is 0 Å². The van der Waals surface area contributed by atoms with Crippen LogP contribution in [0.4, 0.5) is 5.69 Å². The molecule has 40 heavy (non-hydrogen) atoms. The lowest BCUT2D eigenvalue weighted by Crippen LogP contribution is -2.56. The van der Waals surface area contributed by atoms with Crippen molar-refractivity contribution in [2.45, 2.75) is 37.1 Å². The number of carbonyl (C=O) groups is 3. The summed E-state index contributed by atoms with van der Waals surface area (Å²) in [5, 5.41) is 10.2. The summed E-state index contributed by atoms with van der Waals surface area (Å²) in [5.74, 6) is -2.47. The summed E-state index contributed by atoms with van der Waals surface area (Å²) in [6, 6.07) is 15.7. The summed E-state index contributed by atoms with van der Waals surface area (Å²) in [6.45, 7) is 2.97. The molecule has 4 aliphatic heterocycles. The van der Waals surface area contributed by atoms with E-state index >= 15 is 0 Å². The average Bonchev–Trinajstić information content (AvgIpc) is 3.21. The number of aliphatic hydroxyl groups excluding tert-OH is 1. The van der Waals surface area contributed by atoms with Crippen LogP contribution in [0.25, 0.3) is 0 Å². The van der Waals surface area contributed by atoms with Crippen molar-refractivity contribution >= 4 is 35.0 Å². The Kier molecular flexibility index (Phi) is 6.81. The molecule has 2 aromatic carbocycles. The van der Waals surface area contributed by atoms with Crippen LogP contribution in [0.15, 0.2) is 78.9 Å². The summed E-state index contributed by atoms with van der Waals surface area (Å²) in [7, 11) is 0. The molecule has 0 aliphatic carbocycles. The first-order valence-corrected chi connectivity index (χ1v) is 14.0. The van der Waals surface area contributed by atoms with Gasteiger partial charge in [0.1, 0.15) is 11.6 Å². The maximum Gasteiger partial charge on any atom is 0.253 e. The highest BCUT2D eigenvalue weighted by molar-refractivity contribution is 6.30. The van der Waals surface area contributed by atoms with Crippen LogP contribution in [0.1, 0.15) is 18.9 Å². The van der Waals surface area contributed by atoms with Gasteiger partial charge in [-0.05, 0) is 43.2 Å². The lowest BCUT2D eigenvalue weighted by molar-refractivity contribution is -0.149. The van der Waals surface area contributed by atoms with Crippen molar-refractivity contribution < 1.29 is 24.2 Å². The van der Waals surface area contributed by atoms with Crippen molar-refractivity contribution in [1.29, 1.82) is 0 Å². The van der Waals surface area contributed by atoms with Gasteiger partial charge < -0.3 is 24.5 Å². The Morgan fingerprint density at radius 1 is 0.925 bits per heavy atom. The highest BCUT2D eigenvalue weighted by Crippen LogP contribution is 2.57. The Morgan fingerprint density at radius 3 is 2.38 bits per heavy atom. The van der Waals surface area contributed by atoms with Crippen LogP contribution in [0.2, 0.25) is 5.02 Å². The first kappa shape index (κ1) is 26.7. The van der Waals surface area contributed by atoms with E-state index < -0.39 is 29.1 Å². The van der Waals surface area contributed by atoms with Crippen molar-refractivity contribution in [3.63, 3.8) is 0 Å². The van der Waals surface area contributed by atoms with E-state index in [1.54, 1.807) is 34.1 Å². The molecule has 2 aromatic rings. The third kappa shape index (κ3) is 4.17. The Hall–Kier alpha value is -3.46. The summed E-state index contributed by atoms with van der Waals surface area (Å²) in [6.07, 6.45) is 7.79. The quantitative estimate of drug-likeness (QED) is 0.547. The number of anilines is 1. The molecule has 0 bridgehead atoms. The Bertz CT molecular complexity index is 1380. The van der Waals surface area contributed by atoms with Gasteiger partial charge in [0.15, 0.2) is 0 Å². The van der Waals surface area contributed by atoms with Gasteiger partial charge in [0.2, 0.25) is 11.8 Å². The Balaban J connectivity index is 1.42. The zero-order valence-corrected chi connectivity index (χ0v) is 23.0. The van der Waals surface area contributed by atoms with E-state index in [2.05, 4.69) is 0 Å². The third-order valence-corrected chi connectivity index (χ3v) is 8.80. The van der Waals surface area contributed by atoms with E-state index in [0.29, 0.717) is 30.2 Å². The number of amides is 3. The number of aliphatic hydroxyl groups is 1. The number of rotatable bonds is 6. The fraction of sp³-hybridized carbons (Fsp3) is 0.387. The largest absolute Gasteiger partial charge is 0.396 e. The van der Waals surface area contributed by atoms with Gasteiger partial charge in [0.25, 0.3) is 5.91 Å². The predicted octanol–water partition coefficient (Wildman–Crippen LogP) is 3.19. The van der Waals surface area contributed by atoms with Gasteiger partial charge in [-0.1, -0.05) is 66.2 Å². The van der Waals surface area contributed by atoms with Crippen molar-refractivity contribution in [2.24, 2.45) is 11.8 Å². The third-order valence-electron chi connectivity index (χ3n) is 8.55. The van der Waals surface area contributed by atoms with Crippen molar-refractivity contribution in [3.05, 3.63) is 89.5 Å². The molecule has 0 radical (unpaired) electrons. The van der Waals surface area contributed by atoms with Crippen LogP contribution in [0.3, 0.4) is 0 Å². The van der Waals surface area contributed by atoms with Crippen LogP contribution >= 0.6 is 11.6 Å². The number of likely N-dealkylation sites (tertiary alicyclic amines) is 1. The second-order valence-electron chi connectivity index (χ2n) is 11.0. The lowest BCUT2D eigenvalue weighted by atomic mass is 9.74. The molecule has 2 fully saturated rings. The molecule has 9 heteroatoms. The van der Waals surface area contributed by atoms with Gasteiger partial charge in [-0.15, -0.1) is 0 Å². The maximum atomic E-state index is 14.3. The Labute approximate surface area is 238 Å². The van der Waals surface area contributed by atoms with Gasteiger partial charge in [-0.3, -0.25) is 14.4 Å². The van der Waals surface area contributed by atoms with E-state index in [1.165, 1.54) is 4.90 Å². The second kappa shape index (κ2) is 10.2. The highest BCUT2D eigenvalue weighted by atomic mass is 35.5. The standard InChI is InChI=1S/C31H32ClN3O5/c1-30-14-5-16-33(20-21-8-3-2-4-9-21)27(37)24(30)25-28(38)35(18-7-19-36)26-29(39)34(17-6-15-31(25,26)40-30)23-12-10-22(32)11-13-23/h2-6,8-15,24-26,36H,7,16-20H2,1H3/t24-,25+,26?,30+,31+/m1/s1. The molecule has 1 N–H and O–H groups in total. The normalized spacial score (nSPS) is 31.2. The first-order chi connectivity index (χ1) is 19.3. The number of hydrogen-bond donors (Lipinski definition) is 1. The second-order valence-corrected chi connectivity index (χ2v) is 11.5.